The van der Waals surface area contributed by atoms with E-state index in [-0.39, 0.29) is 24.3 Å². The summed E-state index contributed by atoms with van der Waals surface area (Å²) < 4.78 is 13.7. The van der Waals surface area contributed by atoms with Crippen molar-refractivity contribution in [1.29, 1.82) is 0 Å². The molecule has 1 aliphatic rings. The van der Waals surface area contributed by atoms with Gasteiger partial charge in [0, 0.05) is 23.0 Å². The van der Waals surface area contributed by atoms with E-state index in [1.807, 2.05) is 13.8 Å². The summed E-state index contributed by atoms with van der Waals surface area (Å²) in [5.74, 6) is -0.875. The summed E-state index contributed by atoms with van der Waals surface area (Å²) in [5.41, 5.74) is 5.82. The minimum absolute atomic E-state index is 0.114. The van der Waals surface area contributed by atoms with Crippen molar-refractivity contribution in [2.45, 2.75) is 42.9 Å². The van der Waals surface area contributed by atoms with Gasteiger partial charge in [0.15, 0.2) is 0 Å². The normalized spacial score (nSPS) is 20.6. The molecule has 1 aliphatic heterocycles. The Kier molecular flexibility index (Phi) is 4.32. The van der Waals surface area contributed by atoms with E-state index in [1.165, 1.54) is 11.0 Å². The molecule has 2 atom stereocenters. The molecule has 2 rings (SSSR count). The van der Waals surface area contributed by atoms with Gasteiger partial charge in [0.05, 0.1) is 5.25 Å². The highest BCUT2D eigenvalue weighted by Crippen LogP contribution is 2.34. The zero-order valence-corrected chi connectivity index (χ0v) is 12.2. The van der Waals surface area contributed by atoms with Gasteiger partial charge in [0.1, 0.15) is 5.82 Å². The molecule has 1 heterocycles. The maximum absolute atomic E-state index is 13.7. The Labute approximate surface area is 121 Å². The number of thioether (sulfide) groups is 1. The van der Waals surface area contributed by atoms with Gasteiger partial charge in [-0.2, -0.15) is 0 Å². The molecule has 0 spiro atoms. The SMILES string of the molecule is CCC(C)N1C(=O)CC(Sc2ccc(N)cc2F)C1=O. The predicted octanol–water partition coefficient (Wildman–Crippen LogP) is 2.43. The minimum Gasteiger partial charge on any atom is -0.399 e. The number of nitrogens with zero attached hydrogens (tertiary/aromatic N) is 1. The Balaban J connectivity index is 2.15. The largest absolute Gasteiger partial charge is 0.399 e. The number of amides is 2. The number of hydrogen-bond donors (Lipinski definition) is 1. The molecule has 0 aromatic heterocycles. The summed E-state index contributed by atoms with van der Waals surface area (Å²) in [7, 11) is 0. The Hall–Kier alpha value is -1.56. The van der Waals surface area contributed by atoms with Crippen LogP contribution < -0.4 is 5.73 Å². The van der Waals surface area contributed by atoms with Gasteiger partial charge in [0.2, 0.25) is 11.8 Å². The number of imide groups is 1. The Morgan fingerprint density at radius 2 is 2.20 bits per heavy atom. The summed E-state index contributed by atoms with van der Waals surface area (Å²) in [6.07, 6.45) is 0.836. The van der Waals surface area contributed by atoms with Crippen molar-refractivity contribution in [2.75, 3.05) is 5.73 Å². The van der Waals surface area contributed by atoms with Gasteiger partial charge in [-0.05, 0) is 31.5 Å². The van der Waals surface area contributed by atoms with Gasteiger partial charge in [-0.3, -0.25) is 14.5 Å². The van der Waals surface area contributed by atoms with Crippen LogP contribution in [0.2, 0.25) is 0 Å². The van der Waals surface area contributed by atoms with E-state index < -0.39 is 11.1 Å². The van der Waals surface area contributed by atoms with Crippen molar-refractivity contribution in [2.24, 2.45) is 0 Å². The Morgan fingerprint density at radius 1 is 1.50 bits per heavy atom. The second kappa shape index (κ2) is 5.83. The monoisotopic (exact) mass is 296 g/mol. The molecule has 6 heteroatoms. The summed E-state index contributed by atoms with van der Waals surface area (Å²) in [4.78, 5) is 25.8. The summed E-state index contributed by atoms with van der Waals surface area (Å²) >= 11 is 1.09. The van der Waals surface area contributed by atoms with E-state index >= 15 is 0 Å². The summed E-state index contributed by atoms with van der Waals surface area (Å²) in [6.45, 7) is 3.76. The molecule has 20 heavy (non-hydrogen) atoms. The fraction of sp³-hybridized carbons (Fsp3) is 0.429. The molecule has 0 bridgehead atoms. The molecule has 1 fully saturated rings. The first-order chi connectivity index (χ1) is 9.43. The Bertz CT molecular complexity index is 550. The maximum atomic E-state index is 13.7. The average molecular weight is 296 g/mol. The first-order valence-corrected chi connectivity index (χ1v) is 7.39. The lowest BCUT2D eigenvalue weighted by Gasteiger charge is -2.21. The third kappa shape index (κ3) is 2.80. The maximum Gasteiger partial charge on any atom is 0.243 e. The van der Waals surface area contributed by atoms with Crippen LogP contribution in [0.1, 0.15) is 26.7 Å². The van der Waals surface area contributed by atoms with Crippen LogP contribution in [0.25, 0.3) is 0 Å². The van der Waals surface area contributed by atoms with Crippen LogP contribution in [0.15, 0.2) is 23.1 Å². The summed E-state index contributed by atoms with van der Waals surface area (Å²) in [6, 6.07) is 4.23. The molecule has 0 saturated carbocycles. The average Bonchev–Trinajstić information content (AvgIpc) is 2.67. The summed E-state index contributed by atoms with van der Waals surface area (Å²) in [5, 5.41) is -0.547. The van der Waals surface area contributed by atoms with Crippen LogP contribution in [-0.4, -0.2) is 28.0 Å². The highest BCUT2D eigenvalue weighted by Gasteiger charge is 2.41. The zero-order chi connectivity index (χ0) is 14.9. The van der Waals surface area contributed by atoms with E-state index in [2.05, 4.69) is 0 Å². The molecule has 2 amide bonds. The smallest absolute Gasteiger partial charge is 0.243 e. The molecule has 2 unspecified atom stereocenters. The van der Waals surface area contributed by atoms with Crippen LogP contribution in [-0.2, 0) is 9.59 Å². The molecular formula is C14H17FN2O2S. The molecule has 2 N–H and O–H groups in total. The molecule has 0 radical (unpaired) electrons. The number of hydrogen-bond acceptors (Lipinski definition) is 4. The van der Waals surface area contributed by atoms with E-state index in [0.717, 1.165) is 11.8 Å². The number of benzene rings is 1. The zero-order valence-electron chi connectivity index (χ0n) is 11.4. The first-order valence-electron chi connectivity index (χ1n) is 6.51. The number of rotatable bonds is 4. The molecule has 0 aliphatic carbocycles. The number of nitrogens with two attached hydrogens (primary N) is 1. The van der Waals surface area contributed by atoms with E-state index in [0.29, 0.717) is 17.0 Å². The van der Waals surface area contributed by atoms with Crippen molar-refractivity contribution in [3.8, 4) is 0 Å². The highest BCUT2D eigenvalue weighted by atomic mass is 32.2. The lowest BCUT2D eigenvalue weighted by molar-refractivity contribution is -0.140. The number of halogens is 1. The number of likely N-dealkylation sites (tertiary alicyclic amines) is 1. The molecule has 4 nitrogen and oxygen atoms in total. The van der Waals surface area contributed by atoms with E-state index in [9.17, 15) is 14.0 Å². The van der Waals surface area contributed by atoms with E-state index in [1.54, 1.807) is 12.1 Å². The quantitative estimate of drug-likeness (QED) is 0.684. The van der Waals surface area contributed by atoms with E-state index in [4.69, 9.17) is 5.73 Å². The highest BCUT2D eigenvalue weighted by molar-refractivity contribution is 8.00. The van der Waals surface area contributed by atoms with Gasteiger partial charge in [-0.25, -0.2) is 4.39 Å². The molecule has 1 saturated heterocycles. The molecule has 108 valence electrons. The second-order valence-corrected chi connectivity index (χ2v) is 6.10. The lowest BCUT2D eigenvalue weighted by atomic mass is 10.2. The van der Waals surface area contributed by atoms with Crippen molar-refractivity contribution in [1.82, 2.24) is 4.90 Å². The van der Waals surface area contributed by atoms with Gasteiger partial charge in [-0.15, -0.1) is 11.8 Å². The fourth-order valence-electron chi connectivity index (χ4n) is 2.13. The van der Waals surface area contributed by atoms with Gasteiger partial charge >= 0.3 is 0 Å². The van der Waals surface area contributed by atoms with Gasteiger partial charge < -0.3 is 5.73 Å². The minimum atomic E-state index is -0.547. The van der Waals surface area contributed by atoms with Crippen LogP contribution in [0.5, 0.6) is 0 Å². The number of anilines is 1. The second-order valence-electron chi connectivity index (χ2n) is 4.86. The predicted molar refractivity (Wildman–Crippen MR) is 76.7 cm³/mol. The number of carbonyl (C=O) groups is 2. The van der Waals surface area contributed by atoms with Crippen molar-refractivity contribution in [3.05, 3.63) is 24.0 Å². The third-order valence-electron chi connectivity index (χ3n) is 3.40. The van der Waals surface area contributed by atoms with Crippen LogP contribution >= 0.6 is 11.8 Å². The van der Waals surface area contributed by atoms with Crippen molar-refractivity contribution in [3.63, 3.8) is 0 Å². The van der Waals surface area contributed by atoms with Crippen LogP contribution in [0.3, 0.4) is 0 Å². The van der Waals surface area contributed by atoms with Crippen molar-refractivity contribution < 1.29 is 14.0 Å². The first kappa shape index (κ1) is 14.8. The van der Waals surface area contributed by atoms with Crippen LogP contribution in [0, 0.1) is 5.82 Å². The van der Waals surface area contributed by atoms with Gasteiger partial charge in [0.25, 0.3) is 0 Å². The number of carbonyl (C=O) groups excluding carboxylic acids is 2. The fourth-order valence-corrected chi connectivity index (χ4v) is 3.19. The molecular weight excluding hydrogens is 279 g/mol. The standard InChI is InChI=1S/C14H17FN2O2S/c1-3-8(2)17-13(18)7-12(14(17)19)20-11-5-4-9(16)6-10(11)15/h4-6,8,12H,3,7,16H2,1-2H3. The van der Waals surface area contributed by atoms with Crippen LogP contribution in [0.4, 0.5) is 10.1 Å². The van der Waals surface area contributed by atoms with Crippen molar-refractivity contribution >= 4 is 29.3 Å². The third-order valence-corrected chi connectivity index (χ3v) is 4.64. The van der Waals surface area contributed by atoms with Gasteiger partial charge in [-0.1, -0.05) is 6.92 Å². The lowest BCUT2D eigenvalue weighted by Crippen LogP contribution is -2.38. The Morgan fingerprint density at radius 3 is 2.80 bits per heavy atom. The topological polar surface area (TPSA) is 63.4 Å². The molecule has 1 aromatic rings. The number of nitrogen functional groups attached to an aromatic ring is 1. The molecule has 1 aromatic carbocycles.